The van der Waals surface area contributed by atoms with E-state index in [1.54, 1.807) is 12.1 Å². The molecular formula is C21H35NO4. The van der Waals surface area contributed by atoms with Gasteiger partial charge in [0.05, 0.1) is 25.9 Å². The van der Waals surface area contributed by atoms with Crippen LogP contribution >= 0.6 is 0 Å². The van der Waals surface area contributed by atoms with Crippen LogP contribution in [0.15, 0.2) is 18.2 Å². The number of carbonyl (C=O) groups excluding carboxylic acids is 1. The number of benzene rings is 1. The molecule has 0 aliphatic carbocycles. The third-order valence-corrected chi connectivity index (χ3v) is 4.16. The number of methoxy groups -OCH3 is 1. The molecule has 2 aliphatic rings. The molecule has 0 bridgehead atoms. The Labute approximate surface area is 158 Å². The summed E-state index contributed by atoms with van der Waals surface area (Å²) in [6, 6.07) is 5.89. The zero-order chi connectivity index (χ0) is 19.5. The summed E-state index contributed by atoms with van der Waals surface area (Å²) < 4.78 is 15.9. The van der Waals surface area contributed by atoms with Gasteiger partial charge in [0.15, 0.2) is 0 Å². The first-order valence-electron chi connectivity index (χ1n) is 9.74. The van der Waals surface area contributed by atoms with Crippen molar-refractivity contribution in [1.82, 2.24) is 4.90 Å². The van der Waals surface area contributed by atoms with Crippen LogP contribution in [0.5, 0.6) is 5.75 Å². The van der Waals surface area contributed by atoms with E-state index in [1.165, 1.54) is 13.5 Å². The molecule has 0 N–H and O–H groups in total. The van der Waals surface area contributed by atoms with Gasteiger partial charge in [-0.15, -0.1) is 0 Å². The van der Waals surface area contributed by atoms with Gasteiger partial charge in [-0.3, -0.25) is 4.90 Å². The van der Waals surface area contributed by atoms with Crippen LogP contribution in [0.2, 0.25) is 0 Å². The molecule has 0 radical (unpaired) electrons. The van der Waals surface area contributed by atoms with E-state index < -0.39 is 0 Å². The number of rotatable bonds is 3. The molecule has 1 atom stereocenters. The van der Waals surface area contributed by atoms with E-state index >= 15 is 0 Å². The molecule has 1 aromatic rings. The van der Waals surface area contributed by atoms with Gasteiger partial charge >= 0.3 is 5.97 Å². The highest BCUT2D eigenvalue weighted by Gasteiger charge is 2.27. The molecule has 1 aromatic carbocycles. The van der Waals surface area contributed by atoms with Crippen molar-refractivity contribution >= 4 is 5.97 Å². The number of ether oxygens (including phenoxy) is 3. The maximum absolute atomic E-state index is 11.6. The summed E-state index contributed by atoms with van der Waals surface area (Å²) in [6.45, 7) is 14.6. The second-order valence-electron chi connectivity index (χ2n) is 6.51. The summed E-state index contributed by atoms with van der Waals surface area (Å²) in [5.41, 5.74) is 1.65. The highest BCUT2D eigenvalue weighted by Crippen LogP contribution is 2.28. The van der Waals surface area contributed by atoms with Gasteiger partial charge < -0.3 is 14.2 Å². The fourth-order valence-corrected chi connectivity index (χ4v) is 2.72. The lowest BCUT2D eigenvalue weighted by Gasteiger charge is -2.34. The van der Waals surface area contributed by atoms with Gasteiger partial charge in [-0.2, -0.15) is 0 Å². The lowest BCUT2D eigenvalue weighted by atomic mass is 10.1. The second-order valence-corrected chi connectivity index (χ2v) is 6.51. The van der Waals surface area contributed by atoms with Crippen LogP contribution in [0.3, 0.4) is 0 Å². The summed E-state index contributed by atoms with van der Waals surface area (Å²) in [6.07, 6.45) is 1.25. The minimum Gasteiger partial charge on any atom is -0.492 e. The molecular weight excluding hydrogens is 330 g/mol. The molecule has 5 nitrogen and oxygen atoms in total. The summed E-state index contributed by atoms with van der Waals surface area (Å²) in [5.74, 6) is 1.09. The summed E-state index contributed by atoms with van der Waals surface area (Å²) in [7, 11) is 1.39. The molecule has 1 fully saturated rings. The van der Waals surface area contributed by atoms with Gasteiger partial charge in [-0.25, -0.2) is 4.79 Å². The Morgan fingerprint density at radius 3 is 2.42 bits per heavy atom. The standard InChI is InChI=1S/C16H21NO4.C3H8.C2H6/c1-11-8-21-15-5-13(16(18)19-2)3-4-14(15)7-17(11)6-12-9-20-10-12;1-3-2;1-2/h3-5,11-12H,6-10H2,1-2H3;3H2,1-2H3;1-2H3. The number of esters is 1. The highest BCUT2D eigenvalue weighted by atomic mass is 16.5. The Bertz CT molecular complexity index is 543. The zero-order valence-corrected chi connectivity index (χ0v) is 17.2. The SMILES string of the molecule is CC.CCC.COC(=O)c1ccc2c(c1)OCC(C)N(CC1COC1)C2. The maximum atomic E-state index is 11.6. The first-order valence-corrected chi connectivity index (χ1v) is 9.74. The maximum Gasteiger partial charge on any atom is 0.337 e. The Hall–Kier alpha value is -1.59. The minimum atomic E-state index is -0.331. The monoisotopic (exact) mass is 365 g/mol. The van der Waals surface area contributed by atoms with Crippen LogP contribution < -0.4 is 4.74 Å². The van der Waals surface area contributed by atoms with Crippen molar-refractivity contribution in [1.29, 1.82) is 0 Å². The second kappa shape index (κ2) is 11.9. The molecule has 2 heterocycles. The van der Waals surface area contributed by atoms with Crippen molar-refractivity contribution in [3.8, 4) is 5.75 Å². The van der Waals surface area contributed by atoms with Gasteiger partial charge in [0.25, 0.3) is 0 Å². The van der Waals surface area contributed by atoms with E-state index in [-0.39, 0.29) is 5.97 Å². The van der Waals surface area contributed by atoms with Gasteiger partial charge in [-0.05, 0) is 19.1 Å². The van der Waals surface area contributed by atoms with Crippen molar-refractivity contribution in [3.05, 3.63) is 29.3 Å². The number of carbonyl (C=O) groups is 1. The molecule has 3 rings (SSSR count). The third-order valence-electron chi connectivity index (χ3n) is 4.16. The third kappa shape index (κ3) is 6.29. The Morgan fingerprint density at radius 1 is 1.23 bits per heavy atom. The Morgan fingerprint density at radius 2 is 1.88 bits per heavy atom. The first kappa shape index (κ1) is 22.5. The quantitative estimate of drug-likeness (QED) is 0.753. The molecule has 5 heteroatoms. The van der Waals surface area contributed by atoms with E-state index in [4.69, 9.17) is 14.2 Å². The minimum absolute atomic E-state index is 0.331. The predicted octanol–water partition coefficient (Wildman–Crippen LogP) is 4.15. The van der Waals surface area contributed by atoms with E-state index in [0.29, 0.717) is 24.1 Å². The average molecular weight is 366 g/mol. The number of nitrogens with zero attached hydrogens (tertiary/aromatic N) is 1. The van der Waals surface area contributed by atoms with Gasteiger partial charge in [0, 0.05) is 30.6 Å². The topological polar surface area (TPSA) is 48.0 Å². The molecule has 0 spiro atoms. The van der Waals surface area contributed by atoms with Crippen molar-refractivity contribution in [2.75, 3.05) is 33.5 Å². The van der Waals surface area contributed by atoms with E-state index in [0.717, 1.165) is 37.6 Å². The lowest BCUT2D eigenvalue weighted by molar-refractivity contribution is -0.0529. The highest BCUT2D eigenvalue weighted by molar-refractivity contribution is 5.89. The molecule has 26 heavy (non-hydrogen) atoms. The van der Waals surface area contributed by atoms with Crippen molar-refractivity contribution in [2.24, 2.45) is 5.92 Å². The van der Waals surface area contributed by atoms with Crippen LogP contribution in [0, 0.1) is 5.92 Å². The first-order chi connectivity index (χ1) is 12.6. The molecule has 0 aromatic heterocycles. The van der Waals surface area contributed by atoms with Crippen molar-refractivity contribution in [3.63, 3.8) is 0 Å². The van der Waals surface area contributed by atoms with Crippen LogP contribution in [-0.2, 0) is 16.0 Å². The van der Waals surface area contributed by atoms with Crippen LogP contribution in [0.4, 0.5) is 0 Å². The summed E-state index contributed by atoms with van der Waals surface area (Å²) in [5, 5.41) is 0. The largest absolute Gasteiger partial charge is 0.492 e. The number of fused-ring (bicyclic) bond motifs is 1. The smallest absolute Gasteiger partial charge is 0.337 e. The fourth-order valence-electron chi connectivity index (χ4n) is 2.72. The van der Waals surface area contributed by atoms with Crippen molar-refractivity contribution in [2.45, 2.75) is 53.6 Å². The molecule has 0 saturated carbocycles. The van der Waals surface area contributed by atoms with E-state index in [2.05, 4.69) is 25.7 Å². The molecule has 148 valence electrons. The predicted molar refractivity (Wildman–Crippen MR) is 105 cm³/mol. The Balaban J connectivity index is 0.000000615. The van der Waals surface area contributed by atoms with E-state index in [9.17, 15) is 4.79 Å². The summed E-state index contributed by atoms with van der Waals surface area (Å²) in [4.78, 5) is 14.0. The Kier molecular flexibility index (Phi) is 10.3. The molecule has 1 unspecified atom stereocenters. The fraction of sp³-hybridized carbons (Fsp3) is 0.667. The normalized spacial score (nSPS) is 19.2. The van der Waals surface area contributed by atoms with Crippen LogP contribution in [0.25, 0.3) is 0 Å². The lowest BCUT2D eigenvalue weighted by Crippen LogP contribution is -2.43. The summed E-state index contributed by atoms with van der Waals surface area (Å²) >= 11 is 0. The molecule has 2 aliphatic heterocycles. The van der Waals surface area contributed by atoms with Crippen molar-refractivity contribution < 1.29 is 19.0 Å². The van der Waals surface area contributed by atoms with Gasteiger partial charge in [0.1, 0.15) is 12.4 Å². The molecule has 1 saturated heterocycles. The van der Waals surface area contributed by atoms with Gasteiger partial charge in [0.2, 0.25) is 0 Å². The van der Waals surface area contributed by atoms with E-state index in [1.807, 2.05) is 19.9 Å². The zero-order valence-electron chi connectivity index (χ0n) is 17.2. The van der Waals surface area contributed by atoms with Crippen LogP contribution in [-0.4, -0.2) is 50.4 Å². The average Bonchev–Trinajstić information content (AvgIpc) is 2.78. The number of hydrogen-bond acceptors (Lipinski definition) is 5. The number of hydrogen-bond donors (Lipinski definition) is 0. The van der Waals surface area contributed by atoms with Gasteiger partial charge in [-0.1, -0.05) is 40.2 Å². The molecule has 0 amide bonds. The van der Waals surface area contributed by atoms with Crippen LogP contribution in [0.1, 0.15) is 57.0 Å².